The van der Waals surface area contributed by atoms with Gasteiger partial charge in [-0.2, -0.15) is 0 Å². The maximum absolute atomic E-state index is 11.8. The van der Waals surface area contributed by atoms with Crippen LogP contribution in [0.2, 0.25) is 6.32 Å². The molecule has 1 saturated heterocycles. The highest BCUT2D eigenvalue weighted by molar-refractivity contribution is 6.44. The van der Waals surface area contributed by atoms with Crippen LogP contribution in [0.3, 0.4) is 0 Å². The number of hydrogen-bond donors (Lipinski definition) is 3. The number of carboxylic acid groups (broad SMARTS) is 1. The Balaban J connectivity index is 0.00000160. The van der Waals surface area contributed by atoms with Crippen LogP contribution in [0.1, 0.15) is 27.5 Å². The lowest BCUT2D eigenvalue weighted by Crippen LogP contribution is -2.55. The van der Waals surface area contributed by atoms with Gasteiger partial charge in [0, 0.05) is 25.7 Å². The number of fused-ring (bicyclic) bond motifs is 1. The molecule has 2 aliphatic rings. The minimum absolute atomic E-state index is 0. The second kappa shape index (κ2) is 10.4. The molecule has 2 aromatic rings. The molecule has 10 heteroatoms. The number of likely N-dealkylation sites (tertiary alicyclic amines) is 1. The number of rotatable bonds is 6. The molecule has 7 nitrogen and oxygen atoms in total. The predicted molar refractivity (Wildman–Crippen MR) is 119 cm³/mol. The number of benzene rings is 2. The number of hydrogen-bond acceptors (Lipinski definition) is 6. The molecule has 30 heavy (non-hydrogen) atoms. The second-order valence-corrected chi connectivity index (χ2v) is 7.32. The van der Waals surface area contributed by atoms with E-state index in [1.54, 1.807) is 6.07 Å². The smallest absolute Gasteiger partial charge is 0.522 e. The van der Waals surface area contributed by atoms with Gasteiger partial charge in [-0.1, -0.05) is 36.4 Å². The summed E-state index contributed by atoms with van der Waals surface area (Å²) in [5.41, 5.74) is 8.10. The lowest BCUT2D eigenvalue weighted by atomic mass is 9.78. The zero-order valence-electron chi connectivity index (χ0n) is 16.3. The third-order valence-corrected chi connectivity index (χ3v) is 5.23. The monoisotopic (exact) mass is 454 g/mol. The van der Waals surface area contributed by atoms with E-state index in [-0.39, 0.29) is 54.0 Å². The first-order valence-corrected chi connectivity index (χ1v) is 9.44. The van der Waals surface area contributed by atoms with Gasteiger partial charge in [-0.3, -0.25) is 4.90 Å². The van der Waals surface area contributed by atoms with Gasteiger partial charge >= 0.3 is 13.1 Å². The van der Waals surface area contributed by atoms with E-state index in [0.29, 0.717) is 25.8 Å². The topological polar surface area (TPSA) is 105 Å². The normalized spacial score (nSPS) is 16.8. The Morgan fingerprint density at radius 2 is 1.93 bits per heavy atom. The van der Waals surface area contributed by atoms with Crippen molar-refractivity contribution in [3.05, 3.63) is 59.2 Å². The van der Waals surface area contributed by atoms with E-state index in [1.807, 2.05) is 36.4 Å². The maximum Gasteiger partial charge on any atom is 0.522 e. The van der Waals surface area contributed by atoms with Gasteiger partial charge in [0.15, 0.2) is 0 Å². The van der Waals surface area contributed by atoms with Crippen molar-refractivity contribution in [1.29, 1.82) is 0 Å². The van der Waals surface area contributed by atoms with E-state index in [4.69, 9.17) is 15.1 Å². The van der Waals surface area contributed by atoms with E-state index in [1.165, 1.54) is 0 Å². The molecule has 0 spiro atoms. The minimum atomic E-state index is -1.12. The third kappa shape index (κ3) is 5.20. The summed E-state index contributed by atoms with van der Waals surface area (Å²) in [5.74, 6) is -0.633. The highest BCUT2D eigenvalue weighted by Gasteiger charge is 2.34. The Labute approximate surface area is 188 Å². The van der Waals surface area contributed by atoms with Gasteiger partial charge in [0.25, 0.3) is 0 Å². The summed E-state index contributed by atoms with van der Waals surface area (Å²) < 4.78 is 11.3. The van der Waals surface area contributed by atoms with Crippen LogP contribution in [0, 0.1) is 0 Å². The number of nitrogens with zero attached hydrogens (tertiary/aromatic N) is 1. The molecule has 0 radical (unpaired) electrons. The van der Waals surface area contributed by atoms with E-state index >= 15 is 0 Å². The summed E-state index contributed by atoms with van der Waals surface area (Å²) in [6, 6.07) is 13.4. The van der Waals surface area contributed by atoms with Crippen LogP contribution in [-0.4, -0.2) is 53.9 Å². The van der Waals surface area contributed by atoms with Crippen molar-refractivity contribution in [3.8, 4) is 11.5 Å². The fraction of sp³-hybridized carbons (Fsp3) is 0.350. The maximum atomic E-state index is 11.8. The number of carbonyl (C=O) groups is 1. The highest BCUT2D eigenvalue weighted by Crippen LogP contribution is 2.37. The van der Waals surface area contributed by atoms with E-state index in [0.717, 1.165) is 17.7 Å². The Bertz CT molecular complexity index is 868. The fourth-order valence-electron chi connectivity index (χ4n) is 3.72. The number of carboxylic acids is 1. The molecular weight excluding hydrogens is 430 g/mol. The number of halogens is 2. The SMILES string of the molecule is Cl.Cl.N[C@H](CN1CC(Oc2ccc3c(c2C(=O)O)OB(O)CC3)C1)c1ccccc1. The van der Waals surface area contributed by atoms with Crippen molar-refractivity contribution in [2.24, 2.45) is 5.73 Å². The molecule has 2 aliphatic heterocycles. The van der Waals surface area contributed by atoms with Crippen LogP contribution in [0.15, 0.2) is 42.5 Å². The minimum Gasteiger partial charge on any atom is -0.535 e. The molecule has 0 bridgehead atoms. The van der Waals surface area contributed by atoms with Crippen LogP contribution < -0.4 is 15.1 Å². The standard InChI is InChI=1S/C20H23BN2O5.2ClH/c22-16(13-4-2-1-3-5-13)12-23-10-15(11-23)27-17-7-6-14-8-9-21(26)28-19(14)18(17)20(24)25;;/h1-7,15-16,26H,8-12,22H2,(H,24,25);2*1H/t16-;;/m1../s1. The number of aryl methyl sites for hydroxylation is 1. The molecule has 162 valence electrons. The number of aromatic carboxylic acids is 1. The lowest BCUT2D eigenvalue weighted by Gasteiger charge is -2.40. The highest BCUT2D eigenvalue weighted by atomic mass is 35.5. The lowest BCUT2D eigenvalue weighted by molar-refractivity contribution is 0.0153. The third-order valence-electron chi connectivity index (χ3n) is 5.23. The van der Waals surface area contributed by atoms with E-state index in [2.05, 4.69) is 4.90 Å². The molecule has 4 rings (SSSR count). The molecule has 0 aromatic heterocycles. The largest absolute Gasteiger partial charge is 0.535 e. The van der Waals surface area contributed by atoms with Crippen molar-refractivity contribution >= 4 is 37.9 Å². The Kier molecular flexibility index (Phi) is 8.40. The summed E-state index contributed by atoms with van der Waals surface area (Å²) in [6.07, 6.45) is 0.921. The van der Waals surface area contributed by atoms with Crippen LogP contribution in [0.5, 0.6) is 11.5 Å². The van der Waals surface area contributed by atoms with Gasteiger partial charge in [-0.15, -0.1) is 24.8 Å². The first kappa shape index (κ1) is 24.3. The van der Waals surface area contributed by atoms with Gasteiger partial charge in [0.05, 0.1) is 0 Å². The van der Waals surface area contributed by atoms with Gasteiger partial charge in [-0.25, -0.2) is 4.79 Å². The zero-order chi connectivity index (χ0) is 19.7. The summed E-state index contributed by atoms with van der Waals surface area (Å²) in [4.78, 5) is 14.0. The van der Waals surface area contributed by atoms with Crippen molar-refractivity contribution in [1.82, 2.24) is 4.90 Å². The summed E-state index contributed by atoms with van der Waals surface area (Å²) >= 11 is 0. The summed E-state index contributed by atoms with van der Waals surface area (Å²) in [6.45, 7) is 2.08. The molecular formula is C20H25BCl2N2O5. The molecule has 0 aliphatic carbocycles. The van der Waals surface area contributed by atoms with Gasteiger partial charge < -0.3 is 25.3 Å². The number of nitrogens with two attached hydrogens (primary N) is 1. The Morgan fingerprint density at radius 1 is 1.23 bits per heavy atom. The molecule has 0 saturated carbocycles. The average Bonchev–Trinajstić information content (AvgIpc) is 2.66. The van der Waals surface area contributed by atoms with Gasteiger partial charge in [0.2, 0.25) is 0 Å². The molecule has 1 fully saturated rings. The Morgan fingerprint density at radius 3 is 2.60 bits per heavy atom. The first-order chi connectivity index (χ1) is 13.5. The Hall–Kier alpha value is -1.97. The average molecular weight is 455 g/mol. The van der Waals surface area contributed by atoms with E-state index in [9.17, 15) is 14.9 Å². The molecule has 2 aromatic carbocycles. The fourth-order valence-corrected chi connectivity index (χ4v) is 3.72. The summed E-state index contributed by atoms with van der Waals surface area (Å²) in [5, 5.41) is 19.4. The van der Waals surface area contributed by atoms with Crippen LogP contribution in [0.4, 0.5) is 0 Å². The number of ether oxygens (including phenoxy) is 1. The summed E-state index contributed by atoms with van der Waals surface area (Å²) in [7, 11) is -0.987. The van der Waals surface area contributed by atoms with Crippen LogP contribution in [0.25, 0.3) is 0 Å². The quantitative estimate of drug-likeness (QED) is 0.575. The molecule has 1 atom stereocenters. The van der Waals surface area contributed by atoms with Crippen molar-refractivity contribution in [3.63, 3.8) is 0 Å². The first-order valence-electron chi connectivity index (χ1n) is 9.44. The van der Waals surface area contributed by atoms with Crippen molar-refractivity contribution in [2.75, 3.05) is 19.6 Å². The van der Waals surface area contributed by atoms with Crippen molar-refractivity contribution < 1.29 is 24.3 Å². The van der Waals surface area contributed by atoms with Gasteiger partial charge in [0.1, 0.15) is 23.2 Å². The molecule has 4 N–H and O–H groups in total. The van der Waals surface area contributed by atoms with Gasteiger partial charge in [-0.05, 0) is 29.9 Å². The predicted octanol–water partition coefficient (Wildman–Crippen LogP) is 2.41. The molecule has 0 unspecified atom stereocenters. The van der Waals surface area contributed by atoms with Crippen LogP contribution in [-0.2, 0) is 6.42 Å². The molecule has 2 heterocycles. The second-order valence-electron chi connectivity index (χ2n) is 7.32. The molecule has 0 amide bonds. The van der Waals surface area contributed by atoms with Crippen LogP contribution >= 0.6 is 24.8 Å². The van der Waals surface area contributed by atoms with Crippen molar-refractivity contribution in [2.45, 2.75) is 24.9 Å². The zero-order valence-corrected chi connectivity index (χ0v) is 17.9. The van der Waals surface area contributed by atoms with E-state index < -0.39 is 13.1 Å².